The van der Waals surface area contributed by atoms with Crippen LogP contribution in [0.15, 0.2) is 266 Å². The lowest BCUT2D eigenvalue weighted by Crippen LogP contribution is -2.05. The number of H-pyrrole nitrogens is 2. The topological polar surface area (TPSA) is 281 Å². The van der Waals surface area contributed by atoms with Gasteiger partial charge in [-0.25, -0.2) is 29.9 Å². The predicted octanol–water partition coefficient (Wildman–Crippen LogP) is 37.2. The van der Waals surface area contributed by atoms with Gasteiger partial charge in [-0.1, -0.05) is 423 Å². The van der Waals surface area contributed by atoms with Gasteiger partial charge in [0.25, 0.3) is 0 Å². The van der Waals surface area contributed by atoms with Crippen molar-refractivity contribution in [3.05, 3.63) is 253 Å². The number of pyridine rings is 1. The third-order valence-corrected chi connectivity index (χ3v) is 7.44. The zero-order chi connectivity index (χ0) is 110. The minimum absolute atomic E-state index is 0.456. The van der Waals surface area contributed by atoms with E-state index in [0.717, 1.165) is 64.8 Å². The number of aliphatic imine (C=N–C) groups is 2. The Bertz CT molecular complexity index is 2460. The highest BCUT2D eigenvalue weighted by Crippen LogP contribution is 2.04. The molecule has 1 aliphatic heterocycles. The molecular formula is C113H228N20O2. The molecule has 0 saturated heterocycles. The van der Waals surface area contributed by atoms with Gasteiger partial charge in [0, 0.05) is 111 Å². The number of nitrogens with one attached hydrogen (secondary N) is 2. The largest absolute Gasteiger partial charge is 0.473 e. The zero-order valence-corrected chi connectivity index (χ0v) is 99.2. The van der Waals surface area contributed by atoms with Crippen LogP contribution in [0.25, 0.3) is 0 Å². The van der Waals surface area contributed by atoms with Crippen LogP contribution in [0, 0.1) is 59.2 Å². The van der Waals surface area contributed by atoms with Gasteiger partial charge in [0.05, 0.1) is 37.0 Å². The highest BCUT2D eigenvalue weighted by molar-refractivity contribution is 6.32. The molecule has 2 N–H and O–H groups in total. The summed E-state index contributed by atoms with van der Waals surface area (Å²) in [4.78, 5) is 44.2. The summed E-state index contributed by atoms with van der Waals surface area (Å²) in [5, 5.41) is 24.5. The molecule has 0 aliphatic carbocycles. The second kappa shape index (κ2) is 195. The lowest BCUT2D eigenvalue weighted by molar-refractivity contribution is 0.532. The molecule has 0 unspecified atom stereocenters. The molecule has 22 nitrogen and oxygen atoms in total. The normalized spacial score (nSPS) is 8.23. The average molecular weight is 1900 g/mol. The number of imidazole rings is 1. The van der Waals surface area contributed by atoms with Gasteiger partial charge in [-0.05, 0) is 122 Å². The van der Waals surface area contributed by atoms with E-state index < -0.39 is 0 Å². The van der Waals surface area contributed by atoms with Crippen LogP contribution >= 0.6 is 0 Å². The maximum atomic E-state index is 4.58. The van der Waals surface area contributed by atoms with E-state index in [1.54, 1.807) is 118 Å². The summed E-state index contributed by atoms with van der Waals surface area (Å²) in [6.07, 6.45) is 42.6. The van der Waals surface area contributed by atoms with Crippen molar-refractivity contribution >= 4 is 11.9 Å². The zero-order valence-electron chi connectivity index (χ0n) is 99.2. The number of hydrogen-bond donors (Lipinski definition) is 2. The maximum Gasteiger partial charge on any atom is 0.180 e. The monoisotopic (exact) mass is 1900 g/mol. The first-order valence-electron chi connectivity index (χ1n) is 50.6. The molecule has 0 atom stereocenters. The van der Waals surface area contributed by atoms with Crippen LogP contribution in [0.2, 0.25) is 0 Å². The van der Waals surface area contributed by atoms with Crippen molar-refractivity contribution < 1.29 is 8.83 Å². The fraction of sp³-hybridized carbons (Fsp3) is 0.619. The Morgan fingerprint density at radius 3 is 0.711 bits per heavy atom. The number of aromatic amines is 2. The Morgan fingerprint density at radius 1 is 0.274 bits per heavy atom. The smallest absolute Gasteiger partial charge is 0.180 e. The van der Waals surface area contributed by atoms with Crippen molar-refractivity contribution in [3.8, 4) is 0 Å². The summed E-state index contributed by atoms with van der Waals surface area (Å²) in [6, 6.07) is 29.2. The lowest BCUT2D eigenvalue weighted by Gasteiger charge is -2.01. The lowest BCUT2D eigenvalue weighted by atomic mass is 10.1. The average Bonchev–Trinajstić information content (AvgIpc) is 1.84. The van der Waals surface area contributed by atoms with Gasteiger partial charge in [0.1, 0.15) is 37.7 Å². The summed E-state index contributed by atoms with van der Waals surface area (Å²) in [5.74, 6) is 9.45. The van der Waals surface area contributed by atoms with Crippen LogP contribution in [-0.4, -0.2) is 109 Å². The molecule has 1 aromatic carbocycles. The summed E-state index contributed by atoms with van der Waals surface area (Å²) in [7, 11) is 0. The first kappa shape index (κ1) is 178. The second-order valence-corrected chi connectivity index (χ2v) is 29.8. The first-order chi connectivity index (χ1) is 64.5. The standard InChI is InChI=1S/2C6H10N2.C6H6.C5H9N3.C5H5N.3C4H4N2.C4H4O.9C4H10.C3H3N3.C3H4N2.C3H3NO.12C2H6/c1-5(2)6-3-7-4-8-6;1-6(2)8-5-3-4-7-8;1-2-4-6-5-3-1;1-4(2)5-6-3-7-8-5;1-2-4-6-5-3-1;1-2-6-4-3-5-1;1-2-5-4-6-3-1;1-2-4-6-5-3-1;1-2-4-5-3-1;9*1-4(2)3;1-2-5-6-3-4-1;2*1-2-5-3-4-1;12*1-2/h3,5H,4H2,1-2H3;3-6H,1-2H3;1-6H;3-4H,1-2H3,(H,6,7,8);1-5H;3*1-4H;1-4H;9*4H,1-3H3;1-3H;1-3H,(H,4,5);1-3H;12*1-2H3. The Morgan fingerprint density at radius 2 is 0.600 bits per heavy atom. The Kier molecular flexibility index (Phi) is 257. The molecular weight excluding hydrogens is 1670 g/mol. The minimum atomic E-state index is 0.456. The third-order valence-electron chi connectivity index (χ3n) is 7.44. The Balaban J connectivity index is -0.0000000528. The number of rotatable bonds is 3. The molecule has 22 heteroatoms. The van der Waals surface area contributed by atoms with E-state index in [9.17, 15) is 0 Å². The molecule has 10 aromatic heterocycles. The van der Waals surface area contributed by atoms with Gasteiger partial charge in [-0.2, -0.15) is 25.5 Å². The molecule has 11 heterocycles. The van der Waals surface area contributed by atoms with Crippen molar-refractivity contribution in [3.63, 3.8) is 0 Å². The number of hydrogen-bond acceptors (Lipinski definition) is 19. The molecule has 12 rings (SSSR count). The molecule has 0 bridgehead atoms. The molecule has 0 radical (unpaired) electrons. The molecule has 0 saturated carbocycles. The van der Waals surface area contributed by atoms with Crippen LogP contribution in [0.1, 0.15) is 412 Å². The minimum Gasteiger partial charge on any atom is -0.473 e. The van der Waals surface area contributed by atoms with Crippen molar-refractivity contribution in [2.75, 3.05) is 6.67 Å². The molecule has 0 amide bonds. The number of oxazole rings is 1. The van der Waals surface area contributed by atoms with Crippen LogP contribution in [0.4, 0.5) is 0 Å². The van der Waals surface area contributed by atoms with E-state index in [1.165, 1.54) is 37.8 Å². The number of aromatic nitrogens is 18. The van der Waals surface area contributed by atoms with Crippen LogP contribution in [0.5, 0.6) is 0 Å². The van der Waals surface area contributed by atoms with Crippen LogP contribution in [0.3, 0.4) is 0 Å². The van der Waals surface area contributed by atoms with Crippen molar-refractivity contribution in [2.24, 2.45) is 69.2 Å². The summed E-state index contributed by atoms with van der Waals surface area (Å²) >= 11 is 0. The molecule has 0 fully saturated rings. The Labute approximate surface area is 841 Å². The summed E-state index contributed by atoms with van der Waals surface area (Å²) < 4.78 is 11.0. The highest BCUT2D eigenvalue weighted by atomic mass is 16.3. The van der Waals surface area contributed by atoms with E-state index in [-0.39, 0.29) is 0 Å². The van der Waals surface area contributed by atoms with Gasteiger partial charge in [-0.3, -0.25) is 34.7 Å². The van der Waals surface area contributed by atoms with Gasteiger partial charge in [-0.15, -0.1) is 5.10 Å². The van der Waals surface area contributed by atoms with E-state index in [2.05, 4.69) is 333 Å². The van der Waals surface area contributed by atoms with Gasteiger partial charge in [0.15, 0.2) is 6.39 Å². The van der Waals surface area contributed by atoms with Crippen molar-refractivity contribution in [2.45, 2.75) is 407 Å². The molecule has 0 spiro atoms. The number of furan rings is 1. The maximum absolute atomic E-state index is 4.58. The van der Waals surface area contributed by atoms with Gasteiger partial charge < -0.3 is 13.8 Å². The summed E-state index contributed by atoms with van der Waals surface area (Å²) in [6.45, 7) is 120. The number of benzene rings is 1. The first-order valence-corrected chi connectivity index (χ1v) is 50.6. The number of nitrogens with zero attached hydrogens (tertiary/aromatic N) is 18. The van der Waals surface area contributed by atoms with Crippen LogP contribution < -0.4 is 0 Å². The fourth-order valence-corrected chi connectivity index (χ4v) is 3.99. The van der Waals surface area contributed by atoms with Crippen LogP contribution in [-0.2, 0) is 0 Å². The quantitative estimate of drug-likeness (QED) is 0.166. The molecule has 135 heavy (non-hydrogen) atoms. The second-order valence-electron chi connectivity index (χ2n) is 29.8. The van der Waals surface area contributed by atoms with E-state index in [0.29, 0.717) is 24.5 Å². The predicted molar refractivity (Wildman–Crippen MR) is 610 cm³/mol. The Hall–Kier alpha value is -9.99. The molecule has 1 aliphatic rings. The van der Waals surface area contributed by atoms with E-state index in [4.69, 9.17) is 0 Å². The third kappa shape index (κ3) is 337. The van der Waals surface area contributed by atoms with Gasteiger partial charge >= 0.3 is 0 Å². The van der Waals surface area contributed by atoms with E-state index >= 15 is 0 Å². The molecule has 792 valence electrons. The SMILES string of the molecule is CC.CC.CC.CC.CC.CC.CC.CC.CC.CC.CC.CC.CC(C)C.CC(C)C.CC(C)C.CC(C)C.CC(C)C.CC(C)C.CC(C)C.CC(C)C.CC(C)C.CC(C)C1=NCN=C1.CC(C)c1ncn[nH]1.CC(C)n1cccn1.c1c[nH]cn1.c1ccccc1.c1ccncc1.c1ccnnc1.c1ccoc1.c1cnccn1.c1cncnc1.c1cnncn1.c1cocn1. The van der Waals surface area contributed by atoms with Crippen molar-refractivity contribution in [1.82, 2.24) is 90.2 Å². The highest BCUT2D eigenvalue weighted by Gasteiger charge is 2.03. The van der Waals surface area contributed by atoms with E-state index in [1.807, 2.05) is 268 Å². The van der Waals surface area contributed by atoms with Gasteiger partial charge in [0.2, 0.25) is 0 Å². The summed E-state index contributed by atoms with van der Waals surface area (Å²) in [5.41, 5.74) is 1.13. The fourth-order valence-electron chi connectivity index (χ4n) is 3.99. The molecule has 11 aromatic rings. The van der Waals surface area contributed by atoms with Crippen molar-refractivity contribution in [1.29, 1.82) is 0 Å².